The Morgan fingerprint density at radius 2 is 2.22 bits per heavy atom. The molecule has 2 aromatic rings. The van der Waals surface area contributed by atoms with Gasteiger partial charge in [0, 0.05) is 25.6 Å². The van der Waals surface area contributed by atoms with Gasteiger partial charge in [0.15, 0.2) is 11.9 Å². The quantitative estimate of drug-likeness (QED) is 0.751. The van der Waals surface area contributed by atoms with Gasteiger partial charge in [-0.15, -0.1) is 0 Å². The van der Waals surface area contributed by atoms with E-state index in [-0.39, 0.29) is 6.04 Å². The average molecular weight is 371 g/mol. The van der Waals surface area contributed by atoms with Crippen LogP contribution in [0.1, 0.15) is 57.0 Å². The summed E-state index contributed by atoms with van der Waals surface area (Å²) >= 11 is 0. The van der Waals surface area contributed by atoms with E-state index in [9.17, 15) is 4.79 Å². The van der Waals surface area contributed by atoms with Crippen molar-refractivity contribution in [1.82, 2.24) is 14.5 Å². The van der Waals surface area contributed by atoms with E-state index >= 15 is 0 Å². The number of aromatic nitrogens is 3. The number of nitriles is 1. The number of nitrogens with zero attached hydrogens (tertiary/aromatic N) is 4. The number of carbonyl (C=O) groups excluding carboxylic acids is 1. The van der Waals surface area contributed by atoms with Crippen LogP contribution in [-0.4, -0.2) is 39.3 Å². The molecule has 0 aromatic carbocycles. The lowest BCUT2D eigenvalue weighted by Crippen LogP contribution is -2.22. The average Bonchev–Trinajstić information content (AvgIpc) is 3.07. The minimum absolute atomic E-state index is 0.224. The van der Waals surface area contributed by atoms with Gasteiger partial charge in [-0.05, 0) is 38.5 Å². The molecule has 1 aliphatic carbocycles. The molecular formula is C19H25N5O3. The molecule has 1 fully saturated rings. The first-order valence-corrected chi connectivity index (χ1v) is 9.30. The van der Waals surface area contributed by atoms with Gasteiger partial charge in [-0.25, -0.2) is 14.8 Å². The Balaban J connectivity index is 1.98. The Bertz CT molecular complexity index is 849. The van der Waals surface area contributed by atoms with Crippen molar-refractivity contribution in [3.05, 3.63) is 18.1 Å². The van der Waals surface area contributed by atoms with Crippen molar-refractivity contribution in [2.45, 2.75) is 51.2 Å². The molecule has 0 bridgehead atoms. The third-order valence-electron chi connectivity index (χ3n) is 5.22. The zero-order valence-corrected chi connectivity index (χ0v) is 15.7. The van der Waals surface area contributed by atoms with Gasteiger partial charge in [0.1, 0.15) is 17.9 Å². The summed E-state index contributed by atoms with van der Waals surface area (Å²) in [5.41, 5.74) is 1.69. The topological polar surface area (TPSA) is 113 Å². The Morgan fingerprint density at radius 1 is 1.48 bits per heavy atom. The first kappa shape index (κ1) is 19.1. The summed E-state index contributed by atoms with van der Waals surface area (Å²) in [4.78, 5) is 20.5. The molecule has 27 heavy (non-hydrogen) atoms. The van der Waals surface area contributed by atoms with Crippen molar-refractivity contribution >= 4 is 22.8 Å². The third-order valence-corrected chi connectivity index (χ3v) is 5.22. The second-order valence-corrected chi connectivity index (χ2v) is 6.98. The van der Waals surface area contributed by atoms with Gasteiger partial charge in [0.05, 0.1) is 17.8 Å². The number of imidazole rings is 1. The SMILES string of the molecule is CNc1cc2c(cn1)nc([C@@H](C)OC(=O)CO)n2C1CCC(CC#N)CC1. The summed E-state index contributed by atoms with van der Waals surface area (Å²) in [6.07, 6.45) is 5.61. The monoisotopic (exact) mass is 371 g/mol. The van der Waals surface area contributed by atoms with Gasteiger partial charge < -0.3 is 19.7 Å². The number of nitrogens with one attached hydrogen (secondary N) is 1. The van der Waals surface area contributed by atoms with Gasteiger partial charge in [-0.3, -0.25) is 0 Å². The lowest BCUT2D eigenvalue weighted by atomic mass is 9.84. The highest BCUT2D eigenvalue weighted by atomic mass is 16.6. The fraction of sp³-hybridized carbons (Fsp3) is 0.579. The van der Waals surface area contributed by atoms with Gasteiger partial charge >= 0.3 is 5.97 Å². The smallest absolute Gasteiger partial charge is 0.332 e. The lowest BCUT2D eigenvalue weighted by Gasteiger charge is -2.30. The second kappa shape index (κ2) is 8.35. The maximum atomic E-state index is 11.6. The maximum Gasteiger partial charge on any atom is 0.332 e. The van der Waals surface area contributed by atoms with E-state index in [4.69, 9.17) is 15.1 Å². The maximum absolute atomic E-state index is 11.6. The molecular weight excluding hydrogens is 346 g/mol. The molecule has 0 aliphatic heterocycles. The Labute approximate surface area is 158 Å². The number of hydrogen-bond donors (Lipinski definition) is 2. The number of rotatable bonds is 6. The van der Waals surface area contributed by atoms with E-state index in [0.717, 1.165) is 42.5 Å². The Hall–Kier alpha value is -2.66. The van der Waals surface area contributed by atoms with E-state index < -0.39 is 18.7 Å². The molecule has 2 aromatic heterocycles. The van der Waals surface area contributed by atoms with Crippen molar-refractivity contribution in [3.8, 4) is 6.07 Å². The number of esters is 1. The van der Waals surface area contributed by atoms with Crippen molar-refractivity contribution < 1.29 is 14.6 Å². The molecule has 1 aliphatic rings. The summed E-state index contributed by atoms with van der Waals surface area (Å²) in [7, 11) is 1.81. The fourth-order valence-corrected chi connectivity index (χ4v) is 3.85. The van der Waals surface area contributed by atoms with Crippen LogP contribution in [0.5, 0.6) is 0 Å². The van der Waals surface area contributed by atoms with Crippen LogP contribution in [0.3, 0.4) is 0 Å². The van der Waals surface area contributed by atoms with Crippen molar-refractivity contribution in [2.24, 2.45) is 5.92 Å². The van der Waals surface area contributed by atoms with Gasteiger partial charge in [-0.2, -0.15) is 5.26 Å². The van der Waals surface area contributed by atoms with E-state index in [2.05, 4.69) is 25.9 Å². The van der Waals surface area contributed by atoms with Crippen LogP contribution in [-0.2, 0) is 9.53 Å². The van der Waals surface area contributed by atoms with Crippen LogP contribution in [0.25, 0.3) is 11.0 Å². The zero-order chi connectivity index (χ0) is 19.4. The van der Waals surface area contributed by atoms with Crippen molar-refractivity contribution in [1.29, 1.82) is 5.26 Å². The standard InChI is InChI=1S/C19H25N5O3/c1-12(27-18(26)11-25)19-23-15-10-22-17(21-2)9-16(15)24(19)14-5-3-13(4-6-14)7-8-20/h9-10,12-14,25H,3-7,11H2,1-2H3,(H,21,22)/t12-,13?,14?/m1/s1. The molecule has 8 nitrogen and oxygen atoms in total. The van der Waals surface area contributed by atoms with Crippen LogP contribution < -0.4 is 5.32 Å². The molecule has 1 saturated carbocycles. The molecule has 1 atom stereocenters. The van der Waals surface area contributed by atoms with Gasteiger partial charge in [0.2, 0.25) is 0 Å². The van der Waals surface area contributed by atoms with Crippen LogP contribution in [0, 0.1) is 17.2 Å². The summed E-state index contributed by atoms with van der Waals surface area (Å²) in [5, 5.41) is 21.0. The largest absolute Gasteiger partial charge is 0.453 e. The molecule has 0 radical (unpaired) electrons. The van der Waals surface area contributed by atoms with E-state index in [0.29, 0.717) is 18.2 Å². The number of fused-ring (bicyclic) bond motifs is 1. The zero-order valence-electron chi connectivity index (χ0n) is 15.7. The number of hydrogen-bond acceptors (Lipinski definition) is 7. The highest BCUT2D eigenvalue weighted by Gasteiger charge is 2.28. The number of carbonyl (C=O) groups is 1. The van der Waals surface area contributed by atoms with Gasteiger partial charge in [-0.1, -0.05) is 0 Å². The first-order chi connectivity index (χ1) is 13.1. The number of pyridine rings is 1. The first-order valence-electron chi connectivity index (χ1n) is 9.30. The van der Waals surface area contributed by atoms with E-state index in [1.54, 1.807) is 13.1 Å². The molecule has 2 N–H and O–H groups in total. The minimum atomic E-state index is -0.673. The van der Waals surface area contributed by atoms with E-state index in [1.807, 2.05) is 13.1 Å². The number of ether oxygens (including phenoxy) is 1. The highest BCUT2D eigenvalue weighted by molar-refractivity contribution is 5.78. The number of aliphatic hydroxyl groups excluding tert-OH is 1. The molecule has 0 amide bonds. The molecule has 8 heteroatoms. The third kappa shape index (κ3) is 4.03. The summed E-state index contributed by atoms with van der Waals surface area (Å²) in [5.74, 6) is 1.18. The van der Waals surface area contributed by atoms with Crippen LogP contribution in [0.2, 0.25) is 0 Å². The van der Waals surface area contributed by atoms with Crippen LogP contribution in [0.4, 0.5) is 5.82 Å². The van der Waals surface area contributed by atoms with Crippen molar-refractivity contribution in [3.63, 3.8) is 0 Å². The normalized spacial score (nSPS) is 20.8. The summed E-state index contributed by atoms with van der Waals surface area (Å²) in [6, 6.07) is 4.45. The second-order valence-electron chi connectivity index (χ2n) is 6.98. The lowest BCUT2D eigenvalue weighted by molar-refractivity contribution is -0.152. The van der Waals surface area contributed by atoms with E-state index in [1.165, 1.54) is 0 Å². The van der Waals surface area contributed by atoms with Gasteiger partial charge in [0.25, 0.3) is 0 Å². The summed E-state index contributed by atoms with van der Waals surface area (Å²) < 4.78 is 7.46. The predicted octanol–water partition coefficient (Wildman–Crippen LogP) is 2.71. The van der Waals surface area contributed by atoms with Crippen LogP contribution >= 0.6 is 0 Å². The van der Waals surface area contributed by atoms with Crippen LogP contribution in [0.15, 0.2) is 12.3 Å². The Morgan fingerprint density at radius 3 is 2.85 bits per heavy atom. The molecule has 0 unspecified atom stereocenters. The molecule has 2 heterocycles. The minimum Gasteiger partial charge on any atom is -0.453 e. The summed E-state index contributed by atoms with van der Waals surface area (Å²) in [6.45, 7) is 1.11. The van der Waals surface area contributed by atoms with Crippen molar-refractivity contribution in [2.75, 3.05) is 19.0 Å². The molecule has 3 rings (SSSR count). The predicted molar refractivity (Wildman–Crippen MR) is 99.9 cm³/mol. The fourth-order valence-electron chi connectivity index (χ4n) is 3.85. The number of anilines is 1. The highest BCUT2D eigenvalue weighted by Crippen LogP contribution is 2.38. The number of aliphatic hydroxyl groups is 1. The Kier molecular flexibility index (Phi) is 5.91. The molecule has 0 spiro atoms. The molecule has 0 saturated heterocycles. The molecule has 144 valence electrons.